The lowest BCUT2D eigenvalue weighted by Gasteiger charge is -2.43. The van der Waals surface area contributed by atoms with Crippen molar-refractivity contribution in [3.63, 3.8) is 0 Å². The molecule has 2 fully saturated rings. The van der Waals surface area contributed by atoms with Crippen molar-refractivity contribution in [1.29, 1.82) is 0 Å². The summed E-state index contributed by atoms with van der Waals surface area (Å²) < 4.78 is 0. The number of aromatic nitrogens is 3. The summed E-state index contributed by atoms with van der Waals surface area (Å²) in [6.07, 6.45) is 5.98. The van der Waals surface area contributed by atoms with Crippen LogP contribution < -0.4 is 10.2 Å². The van der Waals surface area contributed by atoms with Crippen molar-refractivity contribution in [1.82, 2.24) is 25.2 Å². The summed E-state index contributed by atoms with van der Waals surface area (Å²) in [5, 5.41) is 5.47. The topological polar surface area (TPSA) is 60.1 Å². The van der Waals surface area contributed by atoms with Crippen LogP contribution in [-0.4, -0.2) is 56.7 Å². The van der Waals surface area contributed by atoms with E-state index in [9.17, 15) is 0 Å². The first-order valence-corrected chi connectivity index (χ1v) is 9.13. The third kappa shape index (κ3) is 2.70. The summed E-state index contributed by atoms with van der Waals surface area (Å²) in [6, 6.07) is 3.01. The molecule has 24 heavy (non-hydrogen) atoms. The average molecular weight is 344 g/mol. The highest BCUT2D eigenvalue weighted by molar-refractivity contribution is 7.80. The Labute approximate surface area is 147 Å². The molecule has 0 aromatic carbocycles. The number of hydrogen-bond acceptors (Lipinski definition) is 4. The number of piperazine rings is 1. The normalized spacial score (nSPS) is 23.3. The Hall–Kier alpha value is -1.89. The Morgan fingerprint density at radius 2 is 2.08 bits per heavy atom. The van der Waals surface area contributed by atoms with Crippen molar-refractivity contribution in [2.45, 2.75) is 38.8 Å². The molecule has 2 unspecified atom stereocenters. The van der Waals surface area contributed by atoms with Gasteiger partial charge in [0.25, 0.3) is 0 Å². The standard InChI is InChI=1S/C17H24N6S/c1-11(2)7-19-17(24)23-12-3-4-13(23)9-22(8-12)16-14-5-6-18-15(14)20-10-21-16/h5-6,10-13H,3-4,7-9H2,1-2H3,(H,19,24)(H,18,20,21). The molecule has 4 heterocycles. The van der Waals surface area contributed by atoms with E-state index in [1.54, 1.807) is 6.33 Å². The quantitative estimate of drug-likeness (QED) is 0.832. The molecular weight excluding hydrogens is 320 g/mol. The van der Waals surface area contributed by atoms with Gasteiger partial charge >= 0.3 is 0 Å². The van der Waals surface area contributed by atoms with Crippen LogP contribution in [0.1, 0.15) is 26.7 Å². The first-order valence-electron chi connectivity index (χ1n) is 8.72. The number of rotatable bonds is 3. The zero-order valence-corrected chi connectivity index (χ0v) is 15.0. The molecule has 0 radical (unpaired) electrons. The van der Waals surface area contributed by atoms with Crippen molar-refractivity contribution < 1.29 is 0 Å². The van der Waals surface area contributed by atoms with Crippen LogP contribution in [0.3, 0.4) is 0 Å². The summed E-state index contributed by atoms with van der Waals surface area (Å²) in [5.41, 5.74) is 0.906. The highest BCUT2D eigenvalue weighted by Gasteiger charge is 2.41. The van der Waals surface area contributed by atoms with Gasteiger partial charge in [0.15, 0.2) is 5.11 Å². The smallest absolute Gasteiger partial charge is 0.169 e. The number of anilines is 1. The van der Waals surface area contributed by atoms with E-state index in [1.807, 2.05) is 6.20 Å². The summed E-state index contributed by atoms with van der Waals surface area (Å²) in [7, 11) is 0. The fourth-order valence-corrected chi connectivity index (χ4v) is 4.28. The average Bonchev–Trinajstić information content (AvgIpc) is 3.14. The SMILES string of the molecule is CC(C)CNC(=S)N1C2CCC1CN(c1ncnc3[nH]ccc13)C2. The van der Waals surface area contributed by atoms with E-state index in [0.29, 0.717) is 18.0 Å². The molecule has 2 aliphatic heterocycles. The van der Waals surface area contributed by atoms with Crippen LogP contribution in [-0.2, 0) is 0 Å². The zero-order valence-electron chi connectivity index (χ0n) is 14.2. The number of H-pyrrole nitrogens is 1. The minimum Gasteiger partial charge on any atom is -0.362 e. The number of nitrogens with zero attached hydrogens (tertiary/aromatic N) is 4. The van der Waals surface area contributed by atoms with Gasteiger partial charge in [-0.1, -0.05) is 13.8 Å². The van der Waals surface area contributed by atoms with Gasteiger partial charge in [-0.15, -0.1) is 0 Å². The van der Waals surface area contributed by atoms with Crippen molar-refractivity contribution in [3.8, 4) is 0 Å². The summed E-state index contributed by atoms with van der Waals surface area (Å²) >= 11 is 5.67. The maximum Gasteiger partial charge on any atom is 0.169 e. The number of aromatic amines is 1. The van der Waals surface area contributed by atoms with E-state index < -0.39 is 0 Å². The molecule has 4 rings (SSSR count). The minimum atomic E-state index is 0.472. The van der Waals surface area contributed by atoms with Crippen LogP contribution in [0.4, 0.5) is 5.82 Å². The molecule has 0 amide bonds. The van der Waals surface area contributed by atoms with Gasteiger partial charge in [0.2, 0.25) is 0 Å². The molecule has 2 aromatic rings. The summed E-state index contributed by atoms with van der Waals surface area (Å²) in [6.45, 7) is 7.29. The van der Waals surface area contributed by atoms with Crippen molar-refractivity contribution in [2.75, 3.05) is 24.5 Å². The molecule has 128 valence electrons. The van der Waals surface area contributed by atoms with Crippen molar-refractivity contribution in [3.05, 3.63) is 18.6 Å². The highest BCUT2D eigenvalue weighted by Crippen LogP contribution is 2.34. The van der Waals surface area contributed by atoms with Crippen LogP contribution in [0.5, 0.6) is 0 Å². The number of fused-ring (bicyclic) bond motifs is 3. The number of hydrogen-bond donors (Lipinski definition) is 2. The molecule has 2 aromatic heterocycles. The Balaban J connectivity index is 1.52. The van der Waals surface area contributed by atoms with E-state index in [0.717, 1.165) is 41.6 Å². The van der Waals surface area contributed by atoms with Gasteiger partial charge in [-0.3, -0.25) is 0 Å². The lowest BCUT2D eigenvalue weighted by molar-refractivity contribution is 0.271. The van der Waals surface area contributed by atoms with Gasteiger partial charge < -0.3 is 20.1 Å². The molecule has 0 spiro atoms. The monoisotopic (exact) mass is 344 g/mol. The first-order chi connectivity index (χ1) is 11.6. The van der Waals surface area contributed by atoms with E-state index in [4.69, 9.17) is 12.2 Å². The second-order valence-corrected chi connectivity index (χ2v) is 7.60. The zero-order chi connectivity index (χ0) is 16.7. The molecule has 0 aliphatic carbocycles. The molecule has 6 nitrogen and oxygen atoms in total. The largest absolute Gasteiger partial charge is 0.362 e. The van der Waals surface area contributed by atoms with Crippen LogP contribution in [0.2, 0.25) is 0 Å². The maximum atomic E-state index is 5.67. The van der Waals surface area contributed by atoms with E-state index in [1.165, 1.54) is 12.8 Å². The van der Waals surface area contributed by atoms with Crippen LogP contribution in [0.25, 0.3) is 11.0 Å². The molecular formula is C17H24N6S. The third-order valence-electron chi connectivity index (χ3n) is 5.01. The van der Waals surface area contributed by atoms with Gasteiger partial charge in [0, 0.05) is 37.9 Å². The lowest BCUT2D eigenvalue weighted by atomic mass is 10.2. The fraction of sp³-hybridized carbons (Fsp3) is 0.588. The van der Waals surface area contributed by atoms with Gasteiger partial charge in [0.05, 0.1) is 5.39 Å². The fourth-order valence-electron chi connectivity index (χ4n) is 3.90. The van der Waals surface area contributed by atoms with Crippen LogP contribution in [0, 0.1) is 5.92 Å². The molecule has 2 bridgehead atoms. The van der Waals surface area contributed by atoms with Gasteiger partial charge in [0.1, 0.15) is 17.8 Å². The predicted molar refractivity (Wildman–Crippen MR) is 100 cm³/mol. The minimum absolute atomic E-state index is 0.472. The third-order valence-corrected chi connectivity index (χ3v) is 5.37. The Morgan fingerprint density at radius 3 is 2.79 bits per heavy atom. The summed E-state index contributed by atoms with van der Waals surface area (Å²) in [5.74, 6) is 1.64. The second kappa shape index (κ2) is 6.20. The number of nitrogens with one attached hydrogen (secondary N) is 2. The van der Waals surface area contributed by atoms with E-state index in [2.05, 4.69) is 50.0 Å². The molecule has 2 aliphatic rings. The first kappa shape index (κ1) is 15.6. The van der Waals surface area contributed by atoms with Gasteiger partial charge in [-0.2, -0.15) is 0 Å². The van der Waals surface area contributed by atoms with E-state index >= 15 is 0 Å². The molecule has 2 N–H and O–H groups in total. The Kier molecular flexibility index (Phi) is 4.04. The van der Waals surface area contributed by atoms with Gasteiger partial charge in [-0.05, 0) is 37.0 Å². The lowest BCUT2D eigenvalue weighted by Crippen LogP contribution is -2.58. The Bertz CT molecular complexity index is 728. The maximum absolute atomic E-state index is 5.67. The van der Waals surface area contributed by atoms with Crippen LogP contribution in [0.15, 0.2) is 18.6 Å². The van der Waals surface area contributed by atoms with Crippen LogP contribution >= 0.6 is 12.2 Å². The predicted octanol–water partition coefficient (Wildman–Crippen LogP) is 2.14. The second-order valence-electron chi connectivity index (χ2n) is 7.21. The molecule has 0 saturated carbocycles. The summed E-state index contributed by atoms with van der Waals surface area (Å²) in [4.78, 5) is 16.9. The van der Waals surface area contributed by atoms with E-state index in [-0.39, 0.29) is 0 Å². The van der Waals surface area contributed by atoms with Gasteiger partial charge in [-0.25, -0.2) is 9.97 Å². The molecule has 2 saturated heterocycles. The Morgan fingerprint density at radius 1 is 1.33 bits per heavy atom. The van der Waals surface area contributed by atoms with Crippen molar-refractivity contribution >= 4 is 34.2 Å². The highest BCUT2D eigenvalue weighted by atomic mass is 32.1. The molecule has 7 heteroatoms. The molecule has 2 atom stereocenters. The number of thiocarbonyl (C=S) groups is 1. The van der Waals surface area contributed by atoms with Crippen molar-refractivity contribution in [2.24, 2.45) is 5.92 Å².